The van der Waals surface area contributed by atoms with Gasteiger partial charge in [-0.3, -0.25) is 4.57 Å². The molecule has 19 heavy (non-hydrogen) atoms. The van der Waals surface area contributed by atoms with Crippen molar-refractivity contribution in [3.63, 3.8) is 0 Å². The number of hydrogen-bond acceptors (Lipinski definition) is 1. The summed E-state index contributed by atoms with van der Waals surface area (Å²) in [5, 5.41) is 0. The number of H-pyrrole nitrogens is 1. The van der Waals surface area contributed by atoms with E-state index in [1.807, 2.05) is 0 Å². The molecule has 0 atom stereocenters. The van der Waals surface area contributed by atoms with E-state index in [0.717, 1.165) is 26.0 Å². The average molecular weight is 333 g/mol. The van der Waals surface area contributed by atoms with Gasteiger partial charge in [0.05, 0.1) is 11.0 Å². The second-order valence-corrected chi connectivity index (χ2v) is 5.96. The summed E-state index contributed by atoms with van der Waals surface area (Å²) in [5.74, 6) is 0. The van der Waals surface area contributed by atoms with Gasteiger partial charge in [-0.25, -0.2) is 0 Å². The number of imidazole rings is 1. The molecule has 2 nitrogen and oxygen atoms in total. The van der Waals surface area contributed by atoms with Gasteiger partial charge in [0.1, 0.15) is 0 Å². The van der Waals surface area contributed by atoms with E-state index >= 15 is 0 Å². The first-order chi connectivity index (χ1) is 9.06. The first-order valence-corrected chi connectivity index (χ1v) is 7.24. The zero-order valence-corrected chi connectivity index (χ0v) is 13.1. The molecule has 3 rings (SSSR count). The molecule has 1 N–H and O–H groups in total. The van der Waals surface area contributed by atoms with Crippen LogP contribution in [-0.4, -0.2) is 9.55 Å². The van der Waals surface area contributed by atoms with Gasteiger partial charge < -0.3 is 4.98 Å². The Bertz CT molecular complexity index is 830. The molecule has 1 heterocycles. The maximum atomic E-state index is 5.45. The van der Waals surface area contributed by atoms with Gasteiger partial charge in [-0.2, -0.15) is 0 Å². The lowest BCUT2D eigenvalue weighted by atomic mass is 10.2. The summed E-state index contributed by atoms with van der Waals surface area (Å²) in [6.07, 6.45) is 0. The van der Waals surface area contributed by atoms with Crippen molar-refractivity contribution in [1.82, 2.24) is 9.55 Å². The summed E-state index contributed by atoms with van der Waals surface area (Å²) in [7, 11) is 0. The van der Waals surface area contributed by atoms with Crippen molar-refractivity contribution in [2.24, 2.45) is 0 Å². The summed E-state index contributed by atoms with van der Waals surface area (Å²) in [6.45, 7) is 4.16. The molecule has 0 aliphatic rings. The van der Waals surface area contributed by atoms with Crippen molar-refractivity contribution in [3.05, 3.63) is 56.8 Å². The van der Waals surface area contributed by atoms with Crippen molar-refractivity contribution >= 4 is 39.2 Å². The fourth-order valence-electron chi connectivity index (χ4n) is 2.25. The van der Waals surface area contributed by atoms with Gasteiger partial charge in [0, 0.05) is 10.2 Å². The summed E-state index contributed by atoms with van der Waals surface area (Å²) >= 11 is 8.98. The van der Waals surface area contributed by atoms with Crippen LogP contribution in [0.2, 0.25) is 0 Å². The lowest BCUT2D eigenvalue weighted by molar-refractivity contribution is 1.06. The van der Waals surface area contributed by atoms with E-state index < -0.39 is 0 Å². The molecule has 0 amide bonds. The van der Waals surface area contributed by atoms with Crippen molar-refractivity contribution in [1.29, 1.82) is 0 Å². The van der Waals surface area contributed by atoms with Crippen LogP contribution in [0.1, 0.15) is 11.1 Å². The Balaban J connectivity index is 2.32. The standard InChI is InChI=1S/C15H13BrN2S/c1-9-3-6-14-13(7-9)17-15(19)18(14)11-4-5-12(16)10(2)8-11/h3-8H,1-2H3,(H,17,19). The third kappa shape index (κ3) is 2.15. The van der Waals surface area contributed by atoms with Gasteiger partial charge in [-0.1, -0.05) is 22.0 Å². The zero-order valence-electron chi connectivity index (χ0n) is 10.7. The summed E-state index contributed by atoms with van der Waals surface area (Å²) < 4.78 is 3.91. The molecule has 0 spiro atoms. The number of nitrogens with zero attached hydrogens (tertiary/aromatic N) is 1. The average Bonchev–Trinajstić information content (AvgIpc) is 2.68. The Kier molecular flexibility index (Phi) is 3.07. The van der Waals surface area contributed by atoms with E-state index in [4.69, 9.17) is 12.2 Å². The lowest BCUT2D eigenvalue weighted by Gasteiger charge is -2.07. The lowest BCUT2D eigenvalue weighted by Crippen LogP contribution is -1.94. The minimum Gasteiger partial charge on any atom is -0.330 e. The van der Waals surface area contributed by atoms with Gasteiger partial charge in [-0.05, 0) is 67.5 Å². The Hall–Kier alpha value is -1.39. The highest BCUT2D eigenvalue weighted by Gasteiger charge is 2.07. The van der Waals surface area contributed by atoms with Gasteiger partial charge >= 0.3 is 0 Å². The van der Waals surface area contributed by atoms with Crippen LogP contribution in [0.15, 0.2) is 40.9 Å². The molecule has 0 aliphatic heterocycles. The maximum absolute atomic E-state index is 5.45. The molecule has 1 aromatic heterocycles. The summed E-state index contributed by atoms with van der Waals surface area (Å²) in [4.78, 5) is 3.27. The van der Waals surface area contributed by atoms with Crippen LogP contribution in [0.5, 0.6) is 0 Å². The highest BCUT2D eigenvalue weighted by molar-refractivity contribution is 9.10. The Morgan fingerprint density at radius 3 is 2.63 bits per heavy atom. The fraction of sp³-hybridized carbons (Fsp3) is 0.133. The van der Waals surface area contributed by atoms with Crippen LogP contribution in [0.4, 0.5) is 0 Å². The predicted octanol–water partition coefficient (Wildman–Crippen LogP) is 5.07. The molecule has 0 unspecified atom stereocenters. The Labute approximate surface area is 125 Å². The molecular formula is C15H13BrN2S. The van der Waals surface area contributed by atoms with Crippen molar-refractivity contribution in [3.8, 4) is 5.69 Å². The second kappa shape index (κ2) is 4.62. The number of aromatic nitrogens is 2. The number of rotatable bonds is 1. The van der Waals surface area contributed by atoms with Gasteiger partial charge in [0.2, 0.25) is 0 Å². The van der Waals surface area contributed by atoms with Crippen LogP contribution in [-0.2, 0) is 0 Å². The van der Waals surface area contributed by atoms with Crippen LogP contribution in [0, 0.1) is 18.6 Å². The maximum Gasteiger partial charge on any atom is 0.182 e. The van der Waals surface area contributed by atoms with Crippen molar-refractivity contribution in [2.75, 3.05) is 0 Å². The van der Waals surface area contributed by atoms with Crippen LogP contribution in [0.25, 0.3) is 16.7 Å². The summed E-state index contributed by atoms with van der Waals surface area (Å²) in [5.41, 5.74) is 5.69. The molecule has 4 heteroatoms. The smallest absolute Gasteiger partial charge is 0.182 e. The minimum absolute atomic E-state index is 0.724. The third-order valence-corrected chi connectivity index (χ3v) is 4.41. The molecule has 3 aromatic rings. The van der Waals surface area contributed by atoms with Crippen molar-refractivity contribution < 1.29 is 0 Å². The molecule has 0 bridgehead atoms. The monoisotopic (exact) mass is 332 g/mol. The Morgan fingerprint density at radius 2 is 1.89 bits per heavy atom. The van der Waals surface area contributed by atoms with E-state index in [0.29, 0.717) is 0 Å². The quantitative estimate of drug-likeness (QED) is 0.617. The summed E-state index contributed by atoms with van der Waals surface area (Å²) in [6, 6.07) is 12.6. The number of benzene rings is 2. The first kappa shape index (κ1) is 12.6. The highest BCUT2D eigenvalue weighted by Crippen LogP contribution is 2.24. The second-order valence-electron chi connectivity index (χ2n) is 4.72. The first-order valence-electron chi connectivity index (χ1n) is 6.04. The molecule has 0 fully saturated rings. The SMILES string of the molecule is Cc1ccc2c(c1)[nH]c(=S)n2-c1ccc(Br)c(C)c1. The molecule has 96 valence electrons. The highest BCUT2D eigenvalue weighted by atomic mass is 79.9. The van der Waals surface area contributed by atoms with E-state index in [9.17, 15) is 0 Å². The van der Waals surface area contributed by atoms with Crippen LogP contribution in [0.3, 0.4) is 0 Å². The van der Waals surface area contributed by atoms with E-state index in [2.05, 4.69) is 75.7 Å². The van der Waals surface area contributed by atoms with Crippen LogP contribution >= 0.6 is 28.1 Å². The van der Waals surface area contributed by atoms with E-state index in [1.165, 1.54) is 11.1 Å². The molecular weight excluding hydrogens is 320 g/mol. The number of aryl methyl sites for hydroxylation is 2. The molecule has 0 radical (unpaired) electrons. The number of nitrogens with one attached hydrogen (secondary N) is 1. The third-order valence-electron chi connectivity index (χ3n) is 3.24. The molecule has 0 aliphatic carbocycles. The number of fused-ring (bicyclic) bond motifs is 1. The molecule has 0 saturated carbocycles. The topological polar surface area (TPSA) is 20.7 Å². The number of halogens is 1. The minimum atomic E-state index is 0.724. The fourth-order valence-corrected chi connectivity index (χ4v) is 2.81. The van der Waals surface area contributed by atoms with Gasteiger partial charge in [0.25, 0.3) is 0 Å². The Morgan fingerprint density at radius 1 is 1.11 bits per heavy atom. The van der Waals surface area contributed by atoms with Crippen molar-refractivity contribution in [2.45, 2.75) is 13.8 Å². The number of hydrogen-bond donors (Lipinski definition) is 1. The van der Waals surface area contributed by atoms with E-state index in [-0.39, 0.29) is 0 Å². The predicted molar refractivity (Wildman–Crippen MR) is 85.6 cm³/mol. The zero-order chi connectivity index (χ0) is 13.6. The molecule has 2 aromatic carbocycles. The largest absolute Gasteiger partial charge is 0.330 e. The number of aromatic amines is 1. The van der Waals surface area contributed by atoms with Gasteiger partial charge in [0.15, 0.2) is 4.77 Å². The van der Waals surface area contributed by atoms with Crippen LogP contribution < -0.4 is 0 Å². The van der Waals surface area contributed by atoms with Gasteiger partial charge in [-0.15, -0.1) is 0 Å². The normalized spacial score (nSPS) is 11.1. The van der Waals surface area contributed by atoms with E-state index in [1.54, 1.807) is 0 Å². The molecule has 0 saturated heterocycles.